The van der Waals surface area contributed by atoms with Crippen molar-refractivity contribution in [3.8, 4) is 0 Å². The molecule has 102 valence electrons. The standard InChI is InChI=1S/C15H15FN4/c1-9-19-14-6-11(8-18-15(14)20-9)13(7-17)10-3-2-4-12(16)5-10/h2-6,8,13H,7,17H2,1H3,(H,18,19,20). The van der Waals surface area contributed by atoms with Gasteiger partial charge in [-0.15, -0.1) is 0 Å². The highest BCUT2D eigenvalue weighted by molar-refractivity contribution is 5.71. The van der Waals surface area contributed by atoms with Gasteiger partial charge in [0.1, 0.15) is 17.2 Å². The molecule has 2 aromatic heterocycles. The number of rotatable bonds is 3. The third kappa shape index (κ3) is 2.28. The van der Waals surface area contributed by atoms with Gasteiger partial charge in [-0.2, -0.15) is 0 Å². The minimum Gasteiger partial charge on any atom is -0.330 e. The Morgan fingerprint density at radius 1 is 1.30 bits per heavy atom. The van der Waals surface area contributed by atoms with Crippen molar-refractivity contribution in [3.05, 3.63) is 59.3 Å². The van der Waals surface area contributed by atoms with E-state index in [1.807, 2.05) is 19.1 Å². The lowest BCUT2D eigenvalue weighted by molar-refractivity contribution is 0.623. The minimum atomic E-state index is -0.259. The van der Waals surface area contributed by atoms with Crippen LogP contribution in [0, 0.1) is 12.7 Å². The maximum Gasteiger partial charge on any atom is 0.157 e. The Labute approximate surface area is 115 Å². The molecule has 4 nitrogen and oxygen atoms in total. The number of halogens is 1. The minimum absolute atomic E-state index is 0.0837. The van der Waals surface area contributed by atoms with E-state index in [0.717, 1.165) is 28.1 Å². The van der Waals surface area contributed by atoms with Crippen molar-refractivity contribution < 1.29 is 4.39 Å². The molecule has 5 heteroatoms. The van der Waals surface area contributed by atoms with E-state index in [9.17, 15) is 4.39 Å². The molecule has 0 saturated carbocycles. The summed E-state index contributed by atoms with van der Waals surface area (Å²) < 4.78 is 13.4. The molecular formula is C15H15FN4. The van der Waals surface area contributed by atoms with Gasteiger partial charge in [0.15, 0.2) is 5.65 Å². The normalized spacial score (nSPS) is 12.8. The van der Waals surface area contributed by atoms with Crippen molar-refractivity contribution in [3.63, 3.8) is 0 Å². The number of H-pyrrole nitrogens is 1. The summed E-state index contributed by atoms with van der Waals surface area (Å²) in [5.41, 5.74) is 9.20. The lowest BCUT2D eigenvalue weighted by Crippen LogP contribution is -2.14. The fourth-order valence-electron chi connectivity index (χ4n) is 2.41. The Bertz CT molecular complexity index is 750. The van der Waals surface area contributed by atoms with Crippen LogP contribution in [0.3, 0.4) is 0 Å². The van der Waals surface area contributed by atoms with E-state index in [1.165, 1.54) is 12.1 Å². The number of hydrogen-bond acceptors (Lipinski definition) is 3. The average molecular weight is 270 g/mol. The summed E-state index contributed by atoms with van der Waals surface area (Å²) in [5, 5.41) is 0. The predicted molar refractivity (Wildman–Crippen MR) is 75.9 cm³/mol. The second-order valence-electron chi connectivity index (χ2n) is 4.80. The number of nitrogens with one attached hydrogen (secondary N) is 1. The molecule has 1 atom stereocenters. The third-order valence-corrected chi connectivity index (χ3v) is 3.37. The Balaban J connectivity index is 2.06. The first-order chi connectivity index (χ1) is 9.67. The third-order valence-electron chi connectivity index (χ3n) is 3.37. The summed E-state index contributed by atoms with van der Waals surface area (Å²) in [4.78, 5) is 11.8. The van der Waals surface area contributed by atoms with Crippen molar-refractivity contribution in [2.45, 2.75) is 12.8 Å². The molecule has 20 heavy (non-hydrogen) atoms. The summed E-state index contributed by atoms with van der Waals surface area (Å²) in [7, 11) is 0. The number of imidazole rings is 1. The summed E-state index contributed by atoms with van der Waals surface area (Å²) in [5.74, 6) is 0.477. The zero-order valence-corrected chi connectivity index (χ0v) is 11.1. The highest BCUT2D eigenvalue weighted by atomic mass is 19.1. The van der Waals surface area contributed by atoms with Gasteiger partial charge in [-0.25, -0.2) is 14.4 Å². The summed E-state index contributed by atoms with van der Waals surface area (Å²) >= 11 is 0. The number of benzene rings is 1. The van der Waals surface area contributed by atoms with Gasteiger partial charge in [-0.3, -0.25) is 0 Å². The smallest absolute Gasteiger partial charge is 0.157 e. The van der Waals surface area contributed by atoms with Crippen LogP contribution in [-0.4, -0.2) is 21.5 Å². The van der Waals surface area contributed by atoms with Crippen molar-refractivity contribution in [2.24, 2.45) is 5.73 Å². The number of aromatic amines is 1. The van der Waals surface area contributed by atoms with E-state index in [2.05, 4.69) is 15.0 Å². The molecule has 2 heterocycles. The molecule has 3 aromatic rings. The quantitative estimate of drug-likeness (QED) is 0.768. The van der Waals surface area contributed by atoms with Gasteiger partial charge in [0.2, 0.25) is 0 Å². The number of fused-ring (bicyclic) bond motifs is 1. The van der Waals surface area contributed by atoms with Crippen molar-refractivity contribution in [2.75, 3.05) is 6.54 Å². The molecule has 0 spiro atoms. The number of nitrogens with two attached hydrogens (primary N) is 1. The average Bonchev–Trinajstić information content (AvgIpc) is 2.79. The second kappa shape index (κ2) is 5.02. The van der Waals surface area contributed by atoms with Gasteiger partial charge >= 0.3 is 0 Å². The van der Waals surface area contributed by atoms with Crippen LogP contribution in [0.4, 0.5) is 4.39 Å². The lowest BCUT2D eigenvalue weighted by Gasteiger charge is -2.15. The summed E-state index contributed by atoms with van der Waals surface area (Å²) in [6.45, 7) is 2.27. The van der Waals surface area contributed by atoms with Crippen LogP contribution in [0.25, 0.3) is 11.2 Å². The van der Waals surface area contributed by atoms with E-state index < -0.39 is 0 Å². The monoisotopic (exact) mass is 270 g/mol. The number of aromatic nitrogens is 3. The lowest BCUT2D eigenvalue weighted by atomic mass is 9.92. The maximum atomic E-state index is 13.4. The van der Waals surface area contributed by atoms with Gasteiger partial charge in [0, 0.05) is 18.7 Å². The Hall–Kier alpha value is -2.27. The Morgan fingerprint density at radius 3 is 2.90 bits per heavy atom. The molecule has 0 radical (unpaired) electrons. The van der Waals surface area contributed by atoms with Crippen LogP contribution in [0.15, 0.2) is 36.5 Å². The molecule has 0 saturated heterocycles. The van der Waals surface area contributed by atoms with Crippen molar-refractivity contribution in [1.29, 1.82) is 0 Å². The molecule has 1 aromatic carbocycles. The fourth-order valence-corrected chi connectivity index (χ4v) is 2.41. The molecule has 3 N–H and O–H groups in total. The van der Waals surface area contributed by atoms with E-state index in [1.54, 1.807) is 12.3 Å². The van der Waals surface area contributed by atoms with Crippen LogP contribution in [-0.2, 0) is 0 Å². The van der Waals surface area contributed by atoms with E-state index >= 15 is 0 Å². The van der Waals surface area contributed by atoms with Gasteiger partial charge in [-0.05, 0) is 36.2 Å². The largest absolute Gasteiger partial charge is 0.330 e. The maximum absolute atomic E-state index is 13.4. The van der Waals surface area contributed by atoms with E-state index in [4.69, 9.17) is 5.73 Å². The molecular weight excluding hydrogens is 255 g/mol. The first-order valence-corrected chi connectivity index (χ1v) is 6.45. The number of pyridine rings is 1. The number of nitrogens with zero attached hydrogens (tertiary/aromatic N) is 2. The second-order valence-corrected chi connectivity index (χ2v) is 4.80. The molecule has 0 fully saturated rings. The zero-order valence-electron chi connectivity index (χ0n) is 11.1. The molecule has 0 aliphatic rings. The van der Waals surface area contributed by atoms with Gasteiger partial charge in [-0.1, -0.05) is 12.1 Å². The molecule has 0 aliphatic heterocycles. The van der Waals surface area contributed by atoms with Crippen LogP contribution in [0.1, 0.15) is 22.9 Å². The molecule has 0 aliphatic carbocycles. The SMILES string of the molecule is Cc1nc2cc(C(CN)c3cccc(F)c3)cnc2[nH]1. The van der Waals surface area contributed by atoms with Crippen molar-refractivity contribution >= 4 is 11.2 Å². The first kappa shape index (κ1) is 12.7. The van der Waals surface area contributed by atoms with Gasteiger partial charge in [0.05, 0.1) is 0 Å². The van der Waals surface area contributed by atoms with E-state index in [-0.39, 0.29) is 11.7 Å². The topological polar surface area (TPSA) is 67.6 Å². The fraction of sp³-hybridized carbons (Fsp3) is 0.200. The highest BCUT2D eigenvalue weighted by Crippen LogP contribution is 2.25. The number of aryl methyl sites for hydroxylation is 1. The van der Waals surface area contributed by atoms with E-state index in [0.29, 0.717) is 6.54 Å². The molecule has 0 amide bonds. The molecule has 1 unspecified atom stereocenters. The summed E-state index contributed by atoms with van der Waals surface area (Å²) in [6.07, 6.45) is 1.77. The van der Waals surface area contributed by atoms with Crippen molar-refractivity contribution in [1.82, 2.24) is 15.0 Å². The van der Waals surface area contributed by atoms with Crippen LogP contribution in [0.2, 0.25) is 0 Å². The number of hydrogen-bond donors (Lipinski definition) is 2. The molecule has 0 bridgehead atoms. The van der Waals surface area contributed by atoms with Gasteiger partial charge in [0.25, 0.3) is 0 Å². The Kier molecular flexibility index (Phi) is 3.20. The van der Waals surface area contributed by atoms with Crippen LogP contribution in [0.5, 0.6) is 0 Å². The van der Waals surface area contributed by atoms with Gasteiger partial charge < -0.3 is 10.7 Å². The first-order valence-electron chi connectivity index (χ1n) is 6.45. The molecule has 3 rings (SSSR count). The highest BCUT2D eigenvalue weighted by Gasteiger charge is 2.15. The Morgan fingerprint density at radius 2 is 2.15 bits per heavy atom. The summed E-state index contributed by atoms with van der Waals surface area (Å²) in [6, 6.07) is 8.46. The van der Waals surface area contributed by atoms with Crippen LogP contribution >= 0.6 is 0 Å². The van der Waals surface area contributed by atoms with Crippen LogP contribution < -0.4 is 5.73 Å². The zero-order chi connectivity index (χ0) is 14.1. The predicted octanol–water partition coefficient (Wildman–Crippen LogP) is 2.50.